The number of aliphatic hydroxyl groups is 1. The summed E-state index contributed by atoms with van der Waals surface area (Å²) in [6, 6.07) is 21.3. The van der Waals surface area contributed by atoms with Gasteiger partial charge in [-0.15, -0.1) is 0 Å². The Morgan fingerprint density at radius 2 is 1.48 bits per heavy atom. The molecule has 0 aliphatic rings. The van der Waals surface area contributed by atoms with Crippen molar-refractivity contribution in [2.45, 2.75) is 13.2 Å². The van der Waals surface area contributed by atoms with E-state index in [0.29, 0.717) is 17.5 Å². The van der Waals surface area contributed by atoms with E-state index in [-0.39, 0.29) is 0 Å². The number of nitrogens with one attached hydrogen (secondary N) is 2. The van der Waals surface area contributed by atoms with E-state index in [1.165, 1.54) is 0 Å². The fourth-order valence-corrected chi connectivity index (χ4v) is 2.18. The van der Waals surface area contributed by atoms with Crippen LogP contribution in [0.1, 0.15) is 6.92 Å². The molecule has 2 aromatic carbocycles. The summed E-state index contributed by atoms with van der Waals surface area (Å²) in [6.07, 6.45) is -0.696. The van der Waals surface area contributed by atoms with Crippen molar-refractivity contribution < 1.29 is 5.11 Å². The SMILES string of the molecule is CC(O)Nc1cc(Nc2ccccc2)nc(-c2ccccc2)n1. The Morgan fingerprint density at radius 3 is 2.13 bits per heavy atom. The van der Waals surface area contributed by atoms with Gasteiger partial charge in [-0.25, -0.2) is 9.97 Å². The first-order valence-electron chi connectivity index (χ1n) is 7.42. The van der Waals surface area contributed by atoms with Crippen LogP contribution in [0.2, 0.25) is 0 Å². The maximum Gasteiger partial charge on any atom is 0.163 e. The van der Waals surface area contributed by atoms with Crippen molar-refractivity contribution in [3.8, 4) is 11.4 Å². The molecule has 0 fully saturated rings. The van der Waals surface area contributed by atoms with Crippen molar-refractivity contribution in [1.29, 1.82) is 0 Å². The Bertz CT molecular complexity index is 760. The highest BCUT2D eigenvalue weighted by Gasteiger charge is 2.08. The zero-order valence-corrected chi connectivity index (χ0v) is 12.8. The monoisotopic (exact) mass is 306 g/mol. The third kappa shape index (κ3) is 4.05. The van der Waals surface area contributed by atoms with Crippen LogP contribution in [0.15, 0.2) is 66.7 Å². The number of hydrogen-bond acceptors (Lipinski definition) is 5. The molecular weight excluding hydrogens is 288 g/mol. The molecule has 0 radical (unpaired) electrons. The average molecular weight is 306 g/mol. The van der Waals surface area contributed by atoms with Gasteiger partial charge >= 0.3 is 0 Å². The van der Waals surface area contributed by atoms with E-state index in [9.17, 15) is 5.11 Å². The molecule has 1 aromatic heterocycles. The van der Waals surface area contributed by atoms with Gasteiger partial charge in [-0.1, -0.05) is 48.5 Å². The van der Waals surface area contributed by atoms with Gasteiger partial charge < -0.3 is 15.7 Å². The molecule has 5 nitrogen and oxygen atoms in total. The Kier molecular flexibility index (Phi) is 4.49. The maximum absolute atomic E-state index is 9.56. The number of benzene rings is 2. The molecule has 1 atom stereocenters. The molecule has 0 spiro atoms. The summed E-state index contributed by atoms with van der Waals surface area (Å²) in [4.78, 5) is 9.03. The minimum Gasteiger partial charge on any atom is -0.374 e. The first kappa shape index (κ1) is 15.0. The maximum atomic E-state index is 9.56. The predicted octanol–water partition coefficient (Wildman–Crippen LogP) is 3.64. The van der Waals surface area contributed by atoms with Gasteiger partial charge in [0.05, 0.1) is 0 Å². The molecule has 3 N–H and O–H groups in total. The van der Waals surface area contributed by atoms with E-state index < -0.39 is 6.23 Å². The number of hydrogen-bond donors (Lipinski definition) is 3. The Morgan fingerprint density at radius 1 is 0.870 bits per heavy atom. The van der Waals surface area contributed by atoms with Crippen LogP contribution in [-0.2, 0) is 0 Å². The first-order chi connectivity index (χ1) is 11.2. The third-order valence-electron chi connectivity index (χ3n) is 3.16. The van der Waals surface area contributed by atoms with Gasteiger partial charge in [-0.05, 0) is 19.1 Å². The van der Waals surface area contributed by atoms with Crippen LogP contribution >= 0.6 is 0 Å². The smallest absolute Gasteiger partial charge is 0.163 e. The lowest BCUT2D eigenvalue weighted by molar-refractivity contribution is 0.224. The van der Waals surface area contributed by atoms with Crippen LogP contribution < -0.4 is 10.6 Å². The highest BCUT2D eigenvalue weighted by molar-refractivity contribution is 5.65. The molecule has 3 rings (SSSR count). The molecule has 0 aliphatic heterocycles. The molecular formula is C18H18N4O. The molecule has 0 aliphatic carbocycles. The van der Waals surface area contributed by atoms with E-state index in [2.05, 4.69) is 20.6 Å². The lowest BCUT2D eigenvalue weighted by Gasteiger charge is -2.13. The second kappa shape index (κ2) is 6.89. The molecule has 116 valence electrons. The van der Waals surface area contributed by atoms with Gasteiger partial charge in [0.1, 0.15) is 17.9 Å². The molecule has 0 amide bonds. The van der Waals surface area contributed by atoms with Gasteiger partial charge in [0.25, 0.3) is 0 Å². The van der Waals surface area contributed by atoms with Gasteiger partial charge in [0.15, 0.2) is 5.82 Å². The minimum atomic E-state index is -0.696. The third-order valence-corrected chi connectivity index (χ3v) is 3.16. The Labute approximate surface area is 135 Å². The summed E-state index contributed by atoms with van der Waals surface area (Å²) in [5.74, 6) is 1.81. The highest BCUT2D eigenvalue weighted by Crippen LogP contribution is 2.22. The molecule has 0 saturated carbocycles. The largest absolute Gasteiger partial charge is 0.374 e. The van der Waals surface area contributed by atoms with E-state index in [1.807, 2.05) is 60.7 Å². The first-order valence-corrected chi connectivity index (χ1v) is 7.42. The van der Waals surface area contributed by atoms with Crippen LogP contribution in [-0.4, -0.2) is 21.3 Å². The predicted molar refractivity (Wildman–Crippen MR) is 92.5 cm³/mol. The van der Waals surface area contributed by atoms with Crippen molar-refractivity contribution in [1.82, 2.24) is 9.97 Å². The molecule has 1 unspecified atom stereocenters. The van der Waals surface area contributed by atoms with Crippen LogP contribution in [0.4, 0.5) is 17.3 Å². The number of para-hydroxylation sites is 1. The Hall–Kier alpha value is -2.92. The number of aliphatic hydroxyl groups excluding tert-OH is 1. The van der Waals surface area contributed by atoms with Crippen molar-refractivity contribution in [3.63, 3.8) is 0 Å². The van der Waals surface area contributed by atoms with Crippen molar-refractivity contribution in [3.05, 3.63) is 66.7 Å². The average Bonchev–Trinajstić information content (AvgIpc) is 2.56. The lowest BCUT2D eigenvalue weighted by atomic mass is 10.2. The van der Waals surface area contributed by atoms with Crippen LogP contribution in [0.25, 0.3) is 11.4 Å². The Balaban J connectivity index is 1.98. The minimum absolute atomic E-state index is 0.562. The fourth-order valence-electron chi connectivity index (χ4n) is 2.18. The zero-order chi connectivity index (χ0) is 16.1. The van der Waals surface area contributed by atoms with E-state index in [1.54, 1.807) is 13.0 Å². The van der Waals surface area contributed by atoms with Gasteiger partial charge in [0, 0.05) is 17.3 Å². The van der Waals surface area contributed by atoms with Crippen LogP contribution in [0.3, 0.4) is 0 Å². The van der Waals surface area contributed by atoms with Crippen LogP contribution in [0, 0.1) is 0 Å². The molecule has 1 heterocycles. The summed E-state index contributed by atoms with van der Waals surface area (Å²) >= 11 is 0. The molecule has 23 heavy (non-hydrogen) atoms. The lowest BCUT2D eigenvalue weighted by Crippen LogP contribution is -2.15. The summed E-state index contributed by atoms with van der Waals surface area (Å²) in [5, 5.41) is 15.7. The molecule has 5 heteroatoms. The fraction of sp³-hybridized carbons (Fsp3) is 0.111. The van der Waals surface area contributed by atoms with Crippen molar-refractivity contribution in [2.24, 2.45) is 0 Å². The van der Waals surface area contributed by atoms with Crippen LogP contribution in [0.5, 0.6) is 0 Å². The van der Waals surface area contributed by atoms with E-state index in [0.717, 1.165) is 11.3 Å². The van der Waals surface area contributed by atoms with Gasteiger partial charge in [0.2, 0.25) is 0 Å². The van der Waals surface area contributed by atoms with E-state index in [4.69, 9.17) is 0 Å². The summed E-state index contributed by atoms with van der Waals surface area (Å²) in [6.45, 7) is 1.65. The number of rotatable bonds is 5. The summed E-state index contributed by atoms with van der Waals surface area (Å²) < 4.78 is 0. The van der Waals surface area contributed by atoms with Crippen molar-refractivity contribution in [2.75, 3.05) is 10.6 Å². The highest BCUT2D eigenvalue weighted by atomic mass is 16.3. The number of aromatic nitrogens is 2. The summed E-state index contributed by atoms with van der Waals surface area (Å²) in [5.41, 5.74) is 1.85. The standard InChI is InChI=1S/C18H18N4O/c1-13(23)19-16-12-17(20-15-10-6-3-7-11-15)22-18(21-16)14-8-4-2-5-9-14/h2-13,23H,1H3,(H2,19,20,21,22). The van der Waals surface area contributed by atoms with Crippen molar-refractivity contribution >= 4 is 17.3 Å². The quantitative estimate of drug-likeness (QED) is 0.628. The second-order valence-electron chi connectivity index (χ2n) is 5.14. The molecule has 0 bridgehead atoms. The normalized spacial score (nSPS) is 11.7. The molecule has 3 aromatic rings. The van der Waals surface area contributed by atoms with Gasteiger partial charge in [-0.2, -0.15) is 0 Å². The zero-order valence-electron chi connectivity index (χ0n) is 12.8. The summed E-state index contributed by atoms with van der Waals surface area (Å²) in [7, 11) is 0. The van der Waals surface area contributed by atoms with E-state index >= 15 is 0 Å². The molecule has 0 saturated heterocycles. The number of anilines is 3. The number of nitrogens with zero attached hydrogens (tertiary/aromatic N) is 2. The second-order valence-corrected chi connectivity index (χ2v) is 5.14. The van der Waals surface area contributed by atoms with Gasteiger partial charge in [-0.3, -0.25) is 0 Å². The topological polar surface area (TPSA) is 70.1 Å².